The Morgan fingerprint density at radius 3 is 3.00 bits per heavy atom. The molecular weight excluding hydrogens is 266 g/mol. The average molecular weight is 281 g/mol. The van der Waals surface area contributed by atoms with Crippen LogP contribution >= 0.6 is 11.3 Å². The summed E-state index contributed by atoms with van der Waals surface area (Å²) in [5.74, 6) is -0.504. The van der Waals surface area contributed by atoms with Crippen molar-refractivity contribution in [3.05, 3.63) is 10.4 Å². The molecule has 7 heteroatoms. The quantitative estimate of drug-likeness (QED) is 0.820. The predicted octanol–water partition coefficient (Wildman–Crippen LogP) is 1.22. The summed E-state index contributed by atoms with van der Waals surface area (Å²) in [6, 6.07) is 2.02. The first-order chi connectivity index (χ1) is 9.19. The normalized spacial score (nSPS) is 15.7. The summed E-state index contributed by atoms with van der Waals surface area (Å²) in [6.07, 6.45) is 0.875. The van der Waals surface area contributed by atoms with Crippen LogP contribution in [0.1, 0.15) is 21.7 Å². The van der Waals surface area contributed by atoms with Crippen LogP contribution < -0.4 is 10.6 Å². The van der Waals surface area contributed by atoms with Crippen LogP contribution in [0, 0.1) is 11.3 Å². The summed E-state index contributed by atoms with van der Waals surface area (Å²) in [7, 11) is 1.31. The predicted molar refractivity (Wildman–Crippen MR) is 72.4 cm³/mol. The second kappa shape index (κ2) is 5.91. The Morgan fingerprint density at radius 2 is 2.32 bits per heavy atom. The molecule has 1 fully saturated rings. The van der Waals surface area contributed by atoms with Crippen molar-refractivity contribution in [1.82, 2.24) is 0 Å². The molecule has 0 bridgehead atoms. The number of carbonyl (C=O) groups is 1. The minimum absolute atomic E-state index is 0.208. The molecular formula is C12H15N3O3S. The SMILES string of the molecule is COC(=O)c1c(N2CCCOCC2)sc(C#N)c1N. The molecule has 19 heavy (non-hydrogen) atoms. The van der Waals surface area contributed by atoms with E-state index in [1.807, 2.05) is 11.0 Å². The van der Waals surface area contributed by atoms with E-state index >= 15 is 0 Å². The molecule has 1 aromatic rings. The van der Waals surface area contributed by atoms with Crippen LogP contribution in [0.15, 0.2) is 0 Å². The van der Waals surface area contributed by atoms with Crippen LogP contribution in [0.3, 0.4) is 0 Å². The summed E-state index contributed by atoms with van der Waals surface area (Å²) >= 11 is 1.23. The molecule has 1 aliphatic rings. The maximum Gasteiger partial charge on any atom is 0.343 e. The van der Waals surface area contributed by atoms with Gasteiger partial charge in [0, 0.05) is 19.7 Å². The van der Waals surface area contributed by atoms with Crippen molar-refractivity contribution in [2.45, 2.75) is 6.42 Å². The van der Waals surface area contributed by atoms with E-state index in [9.17, 15) is 4.79 Å². The number of carbonyl (C=O) groups excluding carboxylic acids is 1. The highest BCUT2D eigenvalue weighted by Gasteiger charge is 2.26. The number of esters is 1. The summed E-state index contributed by atoms with van der Waals surface area (Å²) < 4.78 is 10.1. The lowest BCUT2D eigenvalue weighted by molar-refractivity contribution is 0.0603. The first kappa shape index (κ1) is 13.6. The minimum Gasteiger partial charge on any atom is -0.465 e. The zero-order valence-electron chi connectivity index (χ0n) is 10.6. The lowest BCUT2D eigenvalue weighted by Crippen LogP contribution is -2.26. The van der Waals surface area contributed by atoms with E-state index in [4.69, 9.17) is 20.5 Å². The van der Waals surface area contributed by atoms with E-state index in [2.05, 4.69) is 0 Å². The Morgan fingerprint density at radius 1 is 1.53 bits per heavy atom. The number of nitriles is 1. The van der Waals surface area contributed by atoms with Gasteiger partial charge in [-0.15, -0.1) is 11.3 Å². The van der Waals surface area contributed by atoms with Gasteiger partial charge in [-0.2, -0.15) is 5.26 Å². The molecule has 0 radical (unpaired) electrons. The van der Waals surface area contributed by atoms with Gasteiger partial charge in [-0.25, -0.2) is 4.79 Å². The number of hydrogen-bond donors (Lipinski definition) is 1. The van der Waals surface area contributed by atoms with E-state index in [-0.39, 0.29) is 5.69 Å². The minimum atomic E-state index is -0.504. The van der Waals surface area contributed by atoms with Gasteiger partial charge in [-0.05, 0) is 6.42 Å². The highest BCUT2D eigenvalue weighted by Crippen LogP contribution is 2.38. The number of ether oxygens (including phenoxy) is 2. The van der Waals surface area contributed by atoms with Gasteiger partial charge in [0.25, 0.3) is 0 Å². The number of anilines is 2. The molecule has 0 amide bonds. The second-order valence-corrected chi connectivity index (χ2v) is 5.08. The van der Waals surface area contributed by atoms with Crippen LogP contribution in [0.5, 0.6) is 0 Å². The van der Waals surface area contributed by atoms with Gasteiger partial charge in [-0.1, -0.05) is 0 Å². The van der Waals surface area contributed by atoms with Crippen LogP contribution in [-0.2, 0) is 9.47 Å². The number of methoxy groups -OCH3 is 1. The van der Waals surface area contributed by atoms with Crippen LogP contribution in [0.2, 0.25) is 0 Å². The standard InChI is InChI=1S/C12H15N3O3S/c1-17-12(16)9-10(14)8(7-13)19-11(9)15-3-2-5-18-6-4-15/h2-6,14H2,1H3. The Hall–Kier alpha value is -1.78. The van der Waals surface area contributed by atoms with Crippen molar-refractivity contribution in [1.29, 1.82) is 5.26 Å². The third-order valence-electron chi connectivity index (χ3n) is 2.93. The van der Waals surface area contributed by atoms with Crippen molar-refractivity contribution in [3.8, 4) is 6.07 Å². The van der Waals surface area contributed by atoms with E-state index in [1.54, 1.807) is 0 Å². The van der Waals surface area contributed by atoms with Crippen molar-refractivity contribution < 1.29 is 14.3 Å². The van der Waals surface area contributed by atoms with Gasteiger partial charge in [0.05, 0.1) is 19.4 Å². The molecule has 1 saturated heterocycles. The molecule has 1 aliphatic heterocycles. The largest absolute Gasteiger partial charge is 0.465 e. The van der Waals surface area contributed by atoms with E-state index in [0.29, 0.717) is 35.2 Å². The third-order valence-corrected chi connectivity index (χ3v) is 4.10. The highest BCUT2D eigenvalue weighted by molar-refractivity contribution is 7.17. The Balaban J connectivity index is 2.43. The molecule has 0 spiro atoms. The zero-order chi connectivity index (χ0) is 13.8. The molecule has 0 atom stereocenters. The van der Waals surface area contributed by atoms with Crippen LogP contribution in [-0.4, -0.2) is 39.4 Å². The third kappa shape index (κ3) is 2.64. The van der Waals surface area contributed by atoms with Gasteiger partial charge in [-0.3, -0.25) is 0 Å². The molecule has 0 aromatic carbocycles. The topological polar surface area (TPSA) is 88.6 Å². The van der Waals surface area contributed by atoms with E-state index in [1.165, 1.54) is 18.4 Å². The molecule has 2 N–H and O–H groups in total. The molecule has 0 saturated carbocycles. The molecule has 2 heterocycles. The van der Waals surface area contributed by atoms with Gasteiger partial charge in [0.15, 0.2) is 0 Å². The Kier molecular flexibility index (Phi) is 4.24. The molecule has 0 unspecified atom stereocenters. The summed E-state index contributed by atoms with van der Waals surface area (Å²) in [6.45, 7) is 2.75. The van der Waals surface area contributed by atoms with Crippen molar-refractivity contribution >= 4 is 28.0 Å². The summed E-state index contributed by atoms with van der Waals surface area (Å²) in [4.78, 5) is 14.2. The first-order valence-corrected chi connectivity index (χ1v) is 6.74. The van der Waals surface area contributed by atoms with E-state index in [0.717, 1.165) is 13.0 Å². The maximum atomic E-state index is 11.9. The highest BCUT2D eigenvalue weighted by atomic mass is 32.1. The fraction of sp³-hybridized carbons (Fsp3) is 0.500. The smallest absolute Gasteiger partial charge is 0.343 e. The number of hydrogen-bond acceptors (Lipinski definition) is 7. The molecule has 2 rings (SSSR count). The number of nitrogen functional groups attached to an aromatic ring is 1. The van der Waals surface area contributed by atoms with E-state index < -0.39 is 5.97 Å². The average Bonchev–Trinajstić information content (AvgIpc) is 2.61. The Labute approximate surface area is 115 Å². The van der Waals surface area contributed by atoms with Gasteiger partial charge >= 0.3 is 5.97 Å². The monoisotopic (exact) mass is 281 g/mol. The van der Waals surface area contributed by atoms with Crippen LogP contribution in [0.25, 0.3) is 0 Å². The maximum absolute atomic E-state index is 11.9. The van der Waals surface area contributed by atoms with Gasteiger partial charge in [0.1, 0.15) is 21.5 Å². The first-order valence-electron chi connectivity index (χ1n) is 5.92. The number of nitrogens with zero attached hydrogens (tertiary/aromatic N) is 2. The lowest BCUT2D eigenvalue weighted by Gasteiger charge is -2.21. The summed E-state index contributed by atoms with van der Waals surface area (Å²) in [5.41, 5.74) is 6.37. The second-order valence-electron chi connectivity index (χ2n) is 4.08. The number of thiophene rings is 1. The lowest BCUT2D eigenvalue weighted by atomic mass is 10.2. The molecule has 1 aromatic heterocycles. The molecule has 6 nitrogen and oxygen atoms in total. The summed E-state index contributed by atoms with van der Waals surface area (Å²) in [5, 5.41) is 9.75. The fourth-order valence-corrected chi connectivity index (χ4v) is 3.04. The van der Waals surface area contributed by atoms with Crippen LogP contribution in [0.4, 0.5) is 10.7 Å². The number of nitrogens with two attached hydrogens (primary N) is 1. The zero-order valence-corrected chi connectivity index (χ0v) is 11.5. The van der Waals surface area contributed by atoms with Crippen molar-refractivity contribution in [3.63, 3.8) is 0 Å². The molecule has 102 valence electrons. The van der Waals surface area contributed by atoms with Crippen molar-refractivity contribution in [2.24, 2.45) is 0 Å². The Bertz CT molecular complexity index is 513. The van der Waals surface area contributed by atoms with Gasteiger partial charge in [0.2, 0.25) is 0 Å². The van der Waals surface area contributed by atoms with Gasteiger partial charge < -0.3 is 20.1 Å². The van der Waals surface area contributed by atoms with Crippen molar-refractivity contribution in [2.75, 3.05) is 44.0 Å². The fourth-order valence-electron chi connectivity index (χ4n) is 1.99. The molecule has 0 aliphatic carbocycles. The number of rotatable bonds is 2.